The first-order valence-corrected chi connectivity index (χ1v) is 8.31. The molecular formula is C17H17NO6S. The largest absolute Gasteiger partial charge is 0.462 e. The minimum absolute atomic E-state index is 0.211. The van der Waals surface area contributed by atoms with E-state index >= 15 is 0 Å². The van der Waals surface area contributed by atoms with Gasteiger partial charge in [-0.15, -0.1) is 0 Å². The summed E-state index contributed by atoms with van der Waals surface area (Å²) in [6.07, 6.45) is 1.22. The topological polar surface area (TPSA) is 90.0 Å². The van der Waals surface area contributed by atoms with Crippen LogP contribution in [0, 0.1) is 0 Å². The normalized spacial score (nSPS) is 15.8. The lowest BCUT2D eigenvalue weighted by atomic mass is 10.2. The number of esters is 2. The maximum absolute atomic E-state index is 12.3. The standard InChI is InChI=1S/C17H17NO6S/c1-10(2)23-15(20)9-18-16(21)14(25-17(18)22)8-12-4-6-13(7-5-12)24-11(3)19/h4-8,10H,9H2,1-3H3/b14-8+. The molecule has 1 fully saturated rings. The zero-order chi connectivity index (χ0) is 18.6. The first-order chi connectivity index (χ1) is 11.8. The number of amides is 2. The number of ether oxygens (including phenoxy) is 2. The number of nitrogens with zero attached hydrogens (tertiary/aromatic N) is 1. The maximum atomic E-state index is 12.3. The molecule has 25 heavy (non-hydrogen) atoms. The number of benzene rings is 1. The summed E-state index contributed by atoms with van der Waals surface area (Å²) in [5, 5.41) is -0.520. The van der Waals surface area contributed by atoms with Gasteiger partial charge in [0, 0.05) is 6.92 Å². The van der Waals surface area contributed by atoms with Crippen LogP contribution >= 0.6 is 11.8 Å². The molecule has 2 amide bonds. The second-order valence-corrected chi connectivity index (χ2v) is 6.46. The molecule has 0 saturated carbocycles. The van der Waals surface area contributed by atoms with Gasteiger partial charge < -0.3 is 9.47 Å². The predicted octanol–water partition coefficient (Wildman–Crippen LogP) is 2.60. The van der Waals surface area contributed by atoms with E-state index in [4.69, 9.17) is 9.47 Å². The molecule has 1 saturated heterocycles. The molecule has 0 N–H and O–H groups in total. The first-order valence-electron chi connectivity index (χ1n) is 7.49. The molecule has 1 aromatic carbocycles. The fourth-order valence-corrected chi connectivity index (χ4v) is 2.85. The Morgan fingerprint density at radius 1 is 1.20 bits per heavy atom. The summed E-state index contributed by atoms with van der Waals surface area (Å²) in [4.78, 5) is 47.8. The lowest BCUT2D eigenvalue weighted by Gasteiger charge is -2.13. The van der Waals surface area contributed by atoms with E-state index in [-0.39, 0.29) is 11.0 Å². The number of hydrogen-bond donors (Lipinski definition) is 0. The van der Waals surface area contributed by atoms with Gasteiger partial charge in [0.15, 0.2) is 0 Å². The summed E-state index contributed by atoms with van der Waals surface area (Å²) in [7, 11) is 0. The molecule has 7 nitrogen and oxygen atoms in total. The van der Waals surface area contributed by atoms with Crippen molar-refractivity contribution in [3.05, 3.63) is 34.7 Å². The van der Waals surface area contributed by atoms with Crippen molar-refractivity contribution in [1.82, 2.24) is 4.90 Å². The van der Waals surface area contributed by atoms with E-state index in [2.05, 4.69) is 0 Å². The molecule has 0 bridgehead atoms. The van der Waals surface area contributed by atoms with Crippen molar-refractivity contribution in [2.75, 3.05) is 6.54 Å². The third-order valence-corrected chi connectivity index (χ3v) is 3.87. The van der Waals surface area contributed by atoms with Crippen LogP contribution in [0.15, 0.2) is 29.2 Å². The van der Waals surface area contributed by atoms with Crippen LogP contribution in [0.1, 0.15) is 26.3 Å². The van der Waals surface area contributed by atoms with Crippen molar-refractivity contribution < 1.29 is 28.7 Å². The van der Waals surface area contributed by atoms with Crippen molar-refractivity contribution in [3.63, 3.8) is 0 Å². The van der Waals surface area contributed by atoms with Crippen LogP contribution in [-0.4, -0.2) is 40.6 Å². The molecule has 0 unspecified atom stereocenters. The van der Waals surface area contributed by atoms with Crippen molar-refractivity contribution in [2.45, 2.75) is 26.9 Å². The highest BCUT2D eigenvalue weighted by atomic mass is 32.2. The lowest BCUT2D eigenvalue weighted by molar-refractivity contribution is -0.149. The van der Waals surface area contributed by atoms with Gasteiger partial charge in [0.1, 0.15) is 12.3 Å². The van der Waals surface area contributed by atoms with Crippen LogP contribution in [-0.2, 0) is 19.1 Å². The second-order valence-electron chi connectivity index (χ2n) is 5.47. The molecule has 0 radical (unpaired) electrons. The Morgan fingerprint density at radius 3 is 2.40 bits per heavy atom. The van der Waals surface area contributed by atoms with E-state index in [9.17, 15) is 19.2 Å². The van der Waals surface area contributed by atoms with Crippen molar-refractivity contribution in [1.29, 1.82) is 0 Å². The maximum Gasteiger partial charge on any atom is 0.326 e. The molecule has 1 heterocycles. The lowest BCUT2D eigenvalue weighted by Crippen LogP contribution is -2.35. The fraction of sp³-hybridized carbons (Fsp3) is 0.294. The third-order valence-electron chi connectivity index (χ3n) is 2.97. The smallest absolute Gasteiger partial charge is 0.326 e. The molecule has 0 aliphatic carbocycles. The molecule has 2 rings (SSSR count). The van der Waals surface area contributed by atoms with Crippen LogP contribution in [0.3, 0.4) is 0 Å². The number of thioether (sulfide) groups is 1. The summed E-state index contributed by atoms with van der Waals surface area (Å²) < 4.78 is 9.88. The Kier molecular flexibility index (Phi) is 5.97. The van der Waals surface area contributed by atoms with E-state index in [1.807, 2.05) is 0 Å². The van der Waals surface area contributed by atoms with Gasteiger partial charge in [-0.1, -0.05) is 12.1 Å². The quantitative estimate of drug-likeness (QED) is 0.451. The van der Waals surface area contributed by atoms with Gasteiger partial charge in [-0.05, 0) is 49.4 Å². The van der Waals surface area contributed by atoms with Crippen molar-refractivity contribution in [3.8, 4) is 5.75 Å². The number of carbonyl (C=O) groups is 4. The SMILES string of the molecule is CC(=O)Oc1ccc(/C=C2/SC(=O)N(CC(=O)OC(C)C)C2=O)cc1. The molecule has 0 aromatic heterocycles. The van der Waals surface area contributed by atoms with Gasteiger partial charge in [-0.3, -0.25) is 24.1 Å². The monoisotopic (exact) mass is 363 g/mol. The van der Waals surface area contributed by atoms with Crippen LogP contribution in [0.25, 0.3) is 6.08 Å². The molecule has 0 atom stereocenters. The summed E-state index contributed by atoms with van der Waals surface area (Å²) >= 11 is 0.758. The zero-order valence-corrected chi connectivity index (χ0v) is 14.8. The summed E-state index contributed by atoms with van der Waals surface area (Å²) in [5.41, 5.74) is 0.658. The fourth-order valence-electron chi connectivity index (χ4n) is 2.01. The Labute approximate surface area is 149 Å². The van der Waals surface area contributed by atoms with Gasteiger partial charge in [0.2, 0.25) is 0 Å². The zero-order valence-electron chi connectivity index (χ0n) is 14.0. The van der Waals surface area contributed by atoms with Crippen LogP contribution in [0.5, 0.6) is 5.75 Å². The highest BCUT2D eigenvalue weighted by molar-refractivity contribution is 8.18. The molecule has 1 aliphatic rings. The minimum atomic E-state index is -0.635. The Balaban J connectivity index is 2.09. The van der Waals surface area contributed by atoms with Gasteiger partial charge in [-0.25, -0.2) is 0 Å². The van der Waals surface area contributed by atoms with Gasteiger partial charge >= 0.3 is 11.9 Å². The molecule has 0 spiro atoms. The van der Waals surface area contributed by atoms with E-state index in [0.717, 1.165) is 16.7 Å². The van der Waals surface area contributed by atoms with Gasteiger partial charge in [0.25, 0.3) is 11.1 Å². The predicted molar refractivity (Wildman–Crippen MR) is 91.7 cm³/mol. The highest BCUT2D eigenvalue weighted by Gasteiger charge is 2.36. The Morgan fingerprint density at radius 2 is 1.84 bits per heavy atom. The van der Waals surface area contributed by atoms with Crippen LogP contribution in [0.4, 0.5) is 4.79 Å². The van der Waals surface area contributed by atoms with Crippen LogP contribution < -0.4 is 4.74 Å². The molecule has 8 heteroatoms. The molecule has 132 valence electrons. The Bertz CT molecular complexity index is 738. The first kappa shape index (κ1) is 18.7. The molecule has 1 aromatic rings. The number of rotatable bonds is 5. The van der Waals surface area contributed by atoms with Crippen molar-refractivity contribution in [2.24, 2.45) is 0 Å². The highest BCUT2D eigenvalue weighted by Crippen LogP contribution is 2.32. The van der Waals surface area contributed by atoms with Gasteiger partial charge in [0.05, 0.1) is 11.0 Å². The van der Waals surface area contributed by atoms with Gasteiger partial charge in [-0.2, -0.15) is 0 Å². The summed E-state index contributed by atoms with van der Waals surface area (Å²) in [6, 6.07) is 6.47. The minimum Gasteiger partial charge on any atom is -0.462 e. The average molecular weight is 363 g/mol. The van der Waals surface area contributed by atoms with E-state index in [1.165, 1.54) is 13.0 Å². The van der Waals surface area contributed by atoms with E-state index < -0.39 is 29.6 Å². The second kappa shape index (κ2) is 7.98. The number of carbonyl (C=O) groups excluding carboxylic acids is 4. The molecular weight excluding hydrogens is 346 g/mol. The van der Waals surface area contributed by atoms with E-state index in [0.29, 0.717) is 11.3 Å². The summed E-state index contributed by atoms with van der Waals surface area (Å²) in [5.74, 6) is -1.22. The number of imide groups is 1. The average Bonchev–Trinajstić information content (AvgIpc) is 2.75. The summed E-state index contributed by atoms with van der Waals surface area (Å²) in [6.45, 7) is 4.26. The molecule has 1 aliphatic heterocycles. The number of hydrogen-bond acceptors (Lipinski definition) is 7. The van der Waals surface area contributed by atoms with Crippen LogP contribution in [0.2, 0.25) is 0 Å². The van der Waals surface area contributed by atoms with Crippen molar-refractivity contribution >= 4 is 40.9 Å². The third kappa shape index (κ3) is 5.18. The Hall–Kier alpha value is -2.61. The van der Waals surface area contributed by atoms with E-state index in [1.54, 1.807) is 38.1 Å².